The Bertz CT molecular complexity index is 294. The van der Waals surface area contributed by atoms with E-state index in [0.29, 0.717) is 12.5 Å². The molecule has 5 nitrogen and oxygen atoms in total. The van der Waals surface area contributed by atoms with Crippen molar-refractivity contribution in [2.75, 3.05) is 27.9 Å². The number of nitrogens with zero attached hydrogens (tertiary/aromatic N) is 2. The molecule has 0 amide bonds. The highest BCUT2D eigenvalue weighted by Crippen LogP contribution is 2.07. The standard InChI is InChI=1S/C10H17N3O2/c1-11-9(6-14-2)4-8-5-10(15-3)13-7-12-8/h5,7,9,11H,4,6H2,1-3H3. The summed E-state index contributed by atoms with van der Waals surface area (Å²) in [5, 5.41) is 3.16. The second kappa shape index (κ2) is 6.31. The number of ether oxygens (including phenoxy) is 2. The van der Waals surface area contributed by atoms with Crippen LogP contribution in [0.4, 0.5) is 0 Å². The number of aromatic nitrogens is 2. The molecule has 0 aliphatic carbocycles. The van der Waals surface area contributed by atoms with Gasteiger partial charge in [-0.3, -0.25) is 0 Å². The Morgan fingerprint density at radius 2 is 2.20 bits per heavy atom. The van der Waals surface area contributed by atoms with Crippen molar-refractivity contribution in [1.29, 1.82) is 0 Å². The molecule has 1 rings (SSSR count). The van der Waals surface area contributed by atoms with Crippen molar-refractivity contribution in [2.45, 2.75) is 12.5 Å². The fourth-order valence-electron chi connectivity index (χ4n) is 1.30. The molecule has 1 unspecified atom stereocenters. The van der Waals surface area contributed by atoms with Gasteiger partial charge in [0.15, 0.2) is 0 Å². The molecule has 0 radical (unpaired) electrons. The van der Waals surface area contributed by atoms with Gasteiger partial charge in [0.1, 0.15) is 6.33 Å². The Kier molecular flexibility index (Phi) is 5.00. The third kappa shape index (κ3) is 3.81. The molecule has 1 aromatic heterocycles. The number of hydrogen-bond acceptors (Lipinski definition) is 5. The second-order valence-corrected chi connectivity index (χ2v) is 3.20. The maximum absolute atomic E-state index is 5.09. The molecule has 0 fully saturated rings. The summed E-state index contributed by atoms with van der Waals surface area (Å²) in [5.74, 6) is 0.590. The van der Waals surface area contributed by atoms with Gasteiger partial charge in [-0.15, -0.1) is 0 Å². The summed E-state index contributed by atoms with van der Waals surface area (Å²) in [5.41, 5.74) is 0.943. The number of nitrogens with one attached hydrogen (secondary N) is 1. The highest BCUT2D eigenvalue weighted by Gasteiger charge is 2.08. The molecule has 0 aliphatic heterocycles. The molecule has 0 aliphatic rings. The first-order valence-corrected chi connectivity index (χ1v) is 4.81. The minimum Gasteiger partial charge on any atom is -0.481 e. The van der Waals surface area contributed by atoms with Gasteiger partial charge in [0.25, 0.3) is 0 Å². The number of methoxy groups -OCH3 is 2. The topological polar surface area (TPSA) is 56.3 Å². The first-order valence-electron chi connectivity index (χ1n) is 4.81. The van der Waals surface area contributed by atoms with Crippen molar-refractivity contribution in [2.24, 2.45) is 0 Å². The predicted molar refractivity (Wildman–Crippen MR) is 57.0 cm³/mol. The third-order valence-corrected chi connectivity index (χ3v) is 2.14. The smallest absolute Gasteiger partial charge is 0.216 e. The van der Waals surface area contributed by atoms with E-state index in [-0.39, 0.29) is 6.04 Å². The maximum atomic E-state index is 5.09. The van der Waals surface area contributed by atoms with Crippen molar-refractivity contribution in [1.82, 2.24) is 15.3 Å². The Hall–Kier alpha value is -1.20. The van der Waals surface area contributed by atoms with Crippen LogP contribution in [0.3, 0.4) is 0 Å². The molecular formula is C10H17N3O2. The molecular weight excluding hydrogens is 194 g/mol. The lowest BCUT2D eigenvalue weighted by atomic mass is 10.1. The summed E-state index contributed by atoms with van der Waals surface area (Å²) in [6, 6.07) is 2.09. The number of hydrogen-bond donors (Lipinski definition) is 1. The summed E-state index contributed by atoms with van der Waals surface area (Å²) >= 11 is 0. The summed E-state index contributed by atoms with van der Waals surface area (Å²) in [7, 11) is 5.18. The summed E-state index contributed by atoms with van der Waals surface area (Å²) in [4.78, 5) is 8.12. The van der Waals surface area contributed by atoms with Crippen LogP contribution >= 0.6 is 0 Å². The first kappa shape index (κ1) is 11.9. The van der Waals surface area contributed by atoms with E-state index in [0.717, 1.165) is 12.1 Å². The largest absolute Gasteiger partial charge is 0.481 e. The van der Waals surface area contributed by atoms with Gasteiger partial charge in [-0.05, 0) is 7.05 Å². The van der Waals surface area contributed by atoms with Gasteiger partial charge in [0.2, 0.25) is 5.88 Å². The Balaban J connectivity index is 2.61. The minimum atomic E-state index is 0.259. The molecule has 1 heterocycles. The number of rotatable bonds is 6. The van der Waals surface area contributed by atoms with E-state index >= 15 is 0 Å². The monoisotopic (exact) mass is 211 g/mol. The van der Waals surface area contributed by atoms with Crippen LogP contribution in [-0.4, -0.2) is 43.9 Å². The minimum absolute atomic E-state index is 0.259. The van der Waals surface area contributed by atoms with E-state index in [4.69, 9.17) is 9.47 Å². The molecule has 15 heavy (non-hydrogen) atoms. The van der Waals surface area contributed by atoms with Crippen LogP contribution in [0.15, 0.2) is 12.4 Å². The molecule has 1 aromatic rings. The second-order valence-electron chi connectivity index (χ2n) is 3.20. The highest BCUT2D eigenvalue weighted by atomic mass is 16.5. The summed E-state index contributed by atoms with van der Waals surface area (Å²) < 4.78 is 10.1. The quantitative estimate of drug-likeness (QED) is 0.731. The van der Waals surface area contributed by atoms with Crippen molar-refractivity contribution < 1.29 is 9.47 Å². The molecule has 0 spiro atoms. The van der Waals surface area contributed by atoms with E-state index in [2.05, 4.69) is 15.3 Å². The third-order valence-electron chi connectivity index (χ3n) is 2.14. The van der Waals surface area contributed by atoms with Gasteiger partial charge in [-0.1, -0.05) is 0 Å². The molecule has 0 saturated carbocycles. The average Bonchev–Trinajstić information content (AvgIpc) is 2.29. The van der Waals surface area contributed by atoms with E-state index in [1.54, 1.807) is 14.2 Å². The van der Waals surface area contributed by atoms with Gasteiger partial charge < -0.3 is 14.8 Å². The van der Waals surface area contributed by atoms with E-state index in [9.17, 15) is 0 Å². The van der Waals surface area contributed by atoms with Gasteiger partial charge in [-0.2, -0.15) is 0 Å². The summed E-state index contributed by atoms with van der Waals surface area (Å²) in [6.45, 7) is 0.656. The maximum Gasteiger partial charge on any atom is 0.216 e. The molecule has 0 bridgehead atoms. The zero-order valence-electron chi connectivity index (χ0n) is 9.36. The average molecular weight is 211 g/mol. The van der Waals surface area contributed by atoms with Crippen LogP contribution in [0.25, 0.3) is 0 Å². The SMILES string of the molecule is CNC(COC)Cc1cc(OC)ncn1. The normalized spacial score (nSPS) is 12.5. The zero-order chi connectivity index (χ0) is 11.1. The van der Waals surface area contributed by atoms with Gasteiger partial charge >= 0.3 is 0 Å². The lowest BCUT2D eigenvalue weighted by Crippen LogP contribution is -2.32. The number of likely N-dealkylation sites (N-methyl/N-ethyl adjacent to an activating group) is 1. The lowest BCUT2D eigenvalue weighted by molar-refractivity contribution is 0.169. The fraction of sp³-hybridized carbons (Fsp3) is 0.600. The van der Waals surface area contributed by atoms with Gasteiger partial charge in [-0.25, -0.2) is 9.97 Å². The fourth-order valence-corrected chi connectivity index (χ4v) is 1.30. The van der Waals surface area contributed by atoms with Crippen molar-refractivity contribution >= 4 is 0 Å². The van der Waals surface area contributed by atoms with E-state index < -0.39 is 0 Å². The molecule has 5 heteroatoms. The van der Waals surface area contributed by atoms with Crippen LogP contribution in [0.5, 0.6) is 5.88 Å². The van der Waals surface area contributed by atoms with Crippen molar-refractivity contribution in [3.8, 4) is 5.88 Å². The van der Waals surface area contributed by atoms with Crippen LogP contribution in [0.2, 0.25) is 0 Å². The van der Waals surface area contributed by atoms with Crippen molar-refractivity contribution in [3.63, 3.8) is 0 Å². The Morgan fingerprint density at radius 1 is 1.40 bits per heavy atom. The lowest BCUT2D eigenvalue weighted by Gasteiger charge is -2.14. The molecule has 1 atom stereocenters. The van der Waals surface area contributed by atoms with Crippen LogP contribution < -0.4 is 10.1 Å². The molecule has 1 N–H and O–H groups in total. The highest BCUT2D eigenvalue weighted by molar-refractivity contribution is 5.14. The van der Waals surface area contributed by atoms with Crippen molar-refractivity contribution in [3.05, 3.63) is 18.1 Å². The van der Waals surface area contributed by atoms with Crippen LogP contribution in [0, 0.1) is 0 Å². The molecule has 84 valence electrons. The predicted octanol–water partition coefficient (Wildman–Crippen LogP) is 0.262. The van der Waals surface area contributed by atoms with Gasteiger partial charge in [0, 0.05) is 31.3 Å². The van der Waals surface area contributed by atoms with Gasteiger partial charge in [0.05, 0.1) is 13.7 Å². The first-order chi connectivity index (χ1) is 7.30. The summed E-state index contributed by atoms with van der Waals surface area (Å²) in [6.07, 6.45) is 2.30. The molecule has 0 aromatic carbocycles. The van der Waals surface area contributed by atoms with Crippen LogP contribution in [0.1, 0.15) is 5.69 Å². The Morgan fingerprint density at radius 3 is 2.80 bits per heavy atom. The van der Waals surface area contributed by atoms with E-state index in [1.807, 2.05) is 13.1 Å². The molecule has 0 saturated heterocycles. The van der Waals surface area contributed by atoms with Crippen LogP contribution in [-0.2, 0) is 11.2 Å². The Labute approximate surface area is 89.8 Å². The van der Waals surface area contributed by atoms with E-state index in [1.165, 1.54) is 6.33 Å². The zero-order valence-corrected chi connectivity index (χ0v) is 9.36.